The van der Waals surface area contributed by atoms with E-state index in [2.05, 4.69) is 33.1 Å². The molecule has 1 N–H and O–H groups in total. The molecule has 2 atom stereocenters. The van der Waals surface area contributed by atoms with Crippen LogP contribution < -0.4 is 5.32 Å². The molecule has 0 aromatic heterocycles. The van der Waals surface area contributed by atoms with Gasteiger partial charge in [-0.25, -0.2) is 4.39 Å². The Balaban J connectivity index is 2.25. The van der Waals surface area contributed by atoms with Crippen LogP contribution in [0.1, 0.15) is 18.5 Å². The van der Waals surface area contributed by atoms with E-state index in [4.69, 9.17) is 4.74 Å². The zero-order chi connectivity index (χ0) is 13.8. The molecule has 1 aromatic rings. The number of halogens is 2. The molecule has 0 bridgehead atoms. The van der Waals surface area contributed by atoms with Gasteiger partial charge in [-0.1, -0.05) is 28.9 Å². The molecule has 106 valence electrons. The average molecular weight is 331 g/mol. The molecule has 1 saturated heterocycles. The summed E-state index contributed by atoms with van der Waals surface area (Å²) in [5.41, 5.74) is 0.702. The largest absolute Gasteiger partial charge is 0.374 e. The molecular weight excluding hydrogens is 311 g/mol. The molecule has 0 spiro atoms. The van der Waals surface area contributed by atoms with Crippen molar-refractivity contribution in [2.24, 2.45) is 0 Å². The number of nitrogens with one attached hydrogen (secondary N) is 1. The van der Waals surface area contributed by atoms with Gasteiger partial charge in [0.25, 0.3) is 0 Å². The van der Waals surface area contributed by atoms with Gasteiger partial charge < -0.3 is 10.1 Å². The fraction of sp³-hybridized carbons (Fsp3) is 0.571. The quantitative estimate of drug-likeness (QED) is 0.918. The van der Waals surface area contributed by atoms with Crippen molar-refractivity contribution in [3.05, 3.63) is 34.1 Å². The first kappa shape index (κ1) is 14.9. The molecule has 2 unspecified atom stereocenters. The van der Waals surface area contributed by atoms with Gasteiger partial charge in [-0.15, -0.1) is 0 Å². The number of hydrogen-bond donors (Lipinski definition) is 1. The maximum atomic E-state index is 14.2. The van der Waals surface area contributed by atoms with Crippen LogP contribution in [0.5, 0.6) is 0 Å². The lowest BCUT2D eigenvalue weighted by Crippen LogP contribution is -2.47. The van der Waals surface area contributed by atoms with E-state index in [0.717, 1.165) is 24.1 Å². The summed E-state index contributed by atoms with van der Waals surface area (Å²) in [6.45, 7) is 5.20. The van der Waals surface area contributed by atoms with Crippen LogP contribution in [0.15, 0.2) is 22.7 Å². The second-order valence-corrected chi connectivity index (χ2v) is 5.72. The summed E-state index contributed by atoms with van der Waals surface area (Å²) >= 11 is 3.30. The summed E-state index contributed by atoms with van der Waals surface area (Å²) in [6, 6.07) is 5.20. The number of nitrogens with zero attached hydrogens (tertiary/aromatic N) is 1. The van der Waals surface area contributed by atoms with Crippen molar-refractivity contribution < 1.29 is 9.13 Å². The van der Waals surface area contributed by atoms with E-state index in [1.165, 1.54) is 6.07 Å². The predicted molar refractivity (Wildman–Crippen MR) is 77.8 cm³/mol. The molecule has 1 aromatic carbocycles. The Labute approximate surface area is 122 Å². The fourth-order valence-corrected chi connectivity index (χ4v) is 2.83. The van der Waals surface area contributed by atoms with Crippen molar-refractivity contribution in [2.75, 3.05) is 33.3 Å². The Kier molecular flexibility index (Phi) is 5.33. The number of ether oxygens (including phenoxy) is 1. The average Bonchev–Trinajstić information content (AvgIpc) is 2.37. The van der Waals surface area contributed by atoms with Crippen molar-refractivity contribution in [1.82, 2.24) is 10.2 Å². The van der Waals surface area contributed by atoms with E-state index in [-0.39, 0.29) is 18.0 Å². The lowest BCUT2D eigenvalue weighted by atomic mass is 9.98. The van der Waals surface area contributed by atoms with Gasteiger partial charge in [0.05, 0.1) is 18.8 Å². The van der Waals surface area contributed by atoms with E-state index in [0.29, 0.717) is 12.2 Å². The van der Waals surface area contributed by atoms with Crippen molar-refractivity contribution in [1.29, 1.82) is 0 Å². The van der Waals surface area contributed by atoms with Gasteiger partial charge in [0, 0.05) is 23.1 Å². The molecule has 19 heavy (non-hydrogen) atoms. The second-order valence-electron chi connectivity index (χ2n) is 4.81. The number of rotatable bonds is 4. The van der Waals surface area contributed by atoms with Crippen LogP contribution in [-0.4, -0.2) is 44.3 Å². The minimum atomic E-state index is -0.182. The third kappa shape index (κ3) is 3.54. The lowest BCUT2D eigenvalue weighted by molar-refractivity contribution is -0.0621. The molecule has 0 saturated carbocycles. The third-order valence-corrected chi connectivity index (χ3v) is 3.97. The fourth-order valence-electron chi connectivity index (χ4n) is 2.50. The minimum absolute atomic E-state index is 0.0191. The molecule has 1 fully saturated rings. The molecule has 1 aliphatic rings. The Hall–Kier alpha value is -0.490. The van der Waals surface area contributed by atoms with Crippen LogP contribution in [0, 0.1) is 5.82 Å². The molecule has 2 rings (SSSR count). The van der Waals surface area contributed by atoms with Crippen LogP contribution in [-0.2, 0) is 4.74 Å². The van der Waals surface area contributed by atoms with Gasteiger partial charge in [-0.3, -0.25) is 4.90 Å². The SMILES string of the molecule is CCNCC1OCCN(C)C1c1ccc(Br)cc1F. The molecule has 5 heteroatoms. The van der Waals surface area contributed by atoms with E-state index in [1.54, 1.807) is 0 Å². The molecule has 3 nitrogen and oxygen atoms in total. The summed E-state index contributed by atoms with van der Waals surface area (Å²) < 4.78 is 20.8. The maximum absolute atomic E-state index is 14.2. The van der Waals surface area contributed by atoms with Gasteiger partial charge in [-0.05, 0) is 25.7 Å². The zero-order valence-electron chi connectivity index (χ0n) is 11.3. The van der Waals surface area contributed by atoms with Crippen LogP contribution in [0.25, 0.3) is 0 Å². The number of benzene rings is 1. The normalized spacial score (nSPS) is 24.6. The van der Waals surface area contributed by atoms with Crippen molar-refractivity contribution >= 4 is 15.9 Å². The number of likely N-dealkylation sites (N-methyl/N-ethyl adjacent to an activating group) is 2. The van der Waals surface area contributed by atoms with Crippen LogP contribution >= 0.6 is 15.9 Å². The van der Waals surface area contributed by atoms with Gasteiger partial charge in [0.15, 0.2) is 0 Å². The number of morpholine rings is 1. The van der Waals surface area contributed by atoms with Crippen molar-refractivity contribution in [2.45, 2.75) is 19.1 Å². The van der Waals surface area contributed by atoms with Gasteiger partial charge in [0.1, 0.15) is 5.82 Å². The molecule has 1 aliphatic heterocycles. The summed E-state index contributed by atoms with van der Waals surface area (Å²) in [7, 11) is 2.02. The van der Waals surface area contributed by atoms with Crippen molar-refractivity contribution in [3.63, 3.8) is 0 Å². The highest BCUT2D eigenvalue weighted by atomic mass is 79.9. The topological polar surface area (TPSA) is 24.5 Å². The Morgan fingerprint density at radius 3 is 3.00 bits per heavy atom. The van der Waals surface area contributed by atoms with E-state index < -0.39 is 0 Å². The Morgan fingerprint density at radius 1 is 1.53 bits per heavy atom. The second kappa shape index (κ2) is 6.79. The van der Waals surface area contributed by atoms with E-state index in [1.807, 2.05) is 19.2 Å². The highest BCUT2D eigenvalue weighted by Crippen LogP contribution is 2.31. The van der Waals surface area contributed by atoms with Crippen molar-refractivity contribution in [3.8, 4) is 0 Å². The first-order valence-electron chi connectivity index (χ1n) is 6.61. The number of hydrogen-bond acceptors (Lipinski definition) is 3. The monoisotopic (exact) mass is 330 g/mol. The zero-order valence-corrected chi connectivity index (χ0v) is 12.9. The highest BCUT2D eigenvalue weighted by molar-refractivity contribution is 9.10. The third-order valence-electron chi connectivity index (χ3n) is 3.48. The summed E-state index contributed by atoms with van der Waals surface area (Å²) in [6.07, 6.45) is -0.0191. The molecule has 0 aliphatic carbocycles. The van der Waals surface area contributed by atoms with Crippen LogP contribution in [0.2, 0.25) is 0 Å². The Bertz CT molecular complexity index is 430. The maximum Gasteiger partial charge on any atom is 0.129 e. The summed E-state index contributed by atoms with van der Waals surface area (Å²) in [5.74, 6) is -0.182. The Morgan fingerprint density at radius 2 is 2.32 bits per heavy atom. The smallest absolute Gasteiger partial charge is 0.129 e. The molecule has 1 heterocycles. The van der Waals surface area contributed by atoms with Gasteiger partial charge in [-0.2, -0.15) is 0 Å². The van der Waals surface area contributed by atoms with Gasteiger partial charge >= 0.3 is 0 Å². The molecule has 0 radical (unpaired) electrons. The van der Waals surface area contributed by atoms with E-state index in [9.17, 15) is 4.39 Å². The first-order valence-corrected chi connectivity index (χ1v) is 7.40. The molecular formula is C14H20BrFN2O. The predicted octanol–water partition coefficient (Wildman–Crippen LogP) is 2.57. The highest BCUT2D eigenvalue weighted by Gasteiger charge is 2.32. The lowest BCUT2D eigenvalue weighted by Gasteiger charge is -2.39. The standard InChI is InChI=1S/C14H20BrFN2O/c1-3-17-9-13-14(18(2)6-7-19-13)11-5-4-10(15)8-12(11)16/h4-5,8,13-14,17H,3,6-7,9H2,1-2H3. The molecule has 0 amide bonds. The van der Waals surface area contributed by atoms with Gasteiger partial charge in [0.2, 0.25) is 0 Å². The van der Waals surface area contributed by atoms with Crippen LogP contribution in [0.3, 0.4) is 0 Å². The summed E-state index contributed by atoms with van der Waals surface area (Å²) in [5, 5.41) is 3.29. The summed E-state index contributed by atoms with van der Waals surface area (Å²) in [4.78, 5) is 2.16. The minimum Gasteiger partial charge on any atom is -0.374 e. The van der Waals surface area contributed by atoms with Crippen LogP contribution in [0.4, 0.5) is 4.39 Å². The van der Waals surface area contributed by atoms with E-state index >= 15 is 0 Å². The first-order chi connectivity index (χ1) is 9.13.